The van der Waals surface area contributed by atoms with Gasteiger partial charge in [-0.15, -0.1) is 11.8 Å². The van der Waals surface area contributed by atoms with Crippen LogP contribution in [-0.4, -0.2) is 20.4 Å². The molecule has 53 valence electrons. The summed E-state index contributed by atoms with van der Waals surface area (Å²) in [6, 6.07) is 0. The smallest absolute Gasteiger partial charge is 0.164 e. The summed E-state index contributed by atoms with van der Waals surface area (Å²) in [7, 11) is -2.82. The third-order valence-electron chi connectivity index (χ3n) is 1.20. The fraction of sp³-hybridized carbons (Fsp3) is 0.800. The van der Waals surface area contributed by atoms with Gasteiger partial charge in [-0.3, -0.25) is 0 Å². The zero-order valence-electron chi connectivity index (χ0n) is 5.25. The average molecular weight is 165 g/mol. The summed E-state index contributed by atoms with van der Waals surface area (Å²) in [5.41, 5.74) is 0. The van der Waals surface area contributed by atoms with Crippen LogP contribution >= 0.6 is 11.8 Å². The van der Waals surface area contributed by atoms with Crippen LogP contribution < -0.4 is 0 Å². The van der Waals surface area contributed by atoms with Crippen LogP contribution in [-0.2, 0) is 9.84 Å². The van der Waals surface area contributed by atoms with E-state index in [-0.39, 0.29) is 0 Å². The van der Waals surface area contributed by atoms with Crippen molar-refractivity contribution in [3.63, 3.8) is 0 Å². The average Bonchev–Trinajstić information content (AvgIpc) is 2.08. The SMILES string of the molecule is CS(=O)(=O)[C]1CCCS1. The summed E-state index contributed by atoms with van der Waals surface area (Å²) in [4.78, 5) is 0. The third-order valence-corrected chi connectivity index (χ3v) is 4.51. The first-order chi connectivity index (χ1) is 4.11. The molecule has 0 unspecified atom stereocenters. The Kier molecular flexibility index (Phi) is 2.06. The quantitative estimate of drug-likeness (QED) is 0.582. The van der Waals surface area contributed by atoms with Crippen LogP contribution in [0.1, 0.15) is 12.8 Å². The molecular weight excluding hydrogens is 156 g/mol. The van der Waals surface area contributed by atoms with Crippen molar-refractivity contribution >= 4 is 21.6 Å². The van der Waals surface area contributed by atoms with E-state index in [2.05, 4.69) is 0 Å². The summed E-state index contributed by atoms with van der Waals surface area (Å²) >= 11 is 1.48. The molecule has 9 heavy (non-hydrogen) atoms. The summed E-state index contributed by atoms with van der Waals surface area (Å²) in [6.45, 7) is 0. The maximum Gasteiger partial charge on any atom is 0.164 e. The zero-order valence-corrected chi connectivity index (χ0v) is 6.89. The lowest BCUT2D eigenvalue weighted by atomic mass is 10.4. The molecule has 1 saturated heterocycles. The minimum absolute atomic E-state index is 0.669. The molecule has 2 nitrogen and oxygen atoms in total. The van der Waals surface area contributed by atoms with Gasteiger partial charge in [-0.1, -0.05) is 0 Å². The standard InChI is InChI=1S/C5H9O2S2/c1-9(6,7)5-3-2-4-8-5/h2-4H2,1H3. The van der Waals surface area contributed by atoms with E-state index in [1.165, 1.54) is 18.0 Å². The highest BCUT2D eigenvalue weighted by atomic mass is 32.3. The fourth-order valence-electron chi connectivity index (χ4n) is 0.767. The molecule has 4 heteroatoms. The van der Waals surface area contributed by atoms with Gasteiger partial charge in [0, 0.05) is 6.26 Å². The maximum atomic E-state index is 10.8. The number of rotatable bonds is 1. The topological polar surface area (TPSA) is 34.1 Å². The molecule has 0 aromatic carbocycles. The Bertz CT molecular complexity index is 177. The molecule has 0 aliphatic carbocycles. The first-order valence-corrected chi connectivity index (χ1v) is 5.67. The molecule has 1 heterocycles. The second-order valence-corrected chi connectivity index (χ2v) is 5.58. The minimum atomic E-state index is -2.82. The highest BCUT2D eigenvalue weighted by Crippen LogP contribution is 2.36. The molecular formula is C5H9O2S2. The van der Waals surface area contributed by atoms with E-state index in [1.807, 2.05) is 0 Å². The highest BCUT2D eigenvalue weighted by molar-refractivity contribution is 8.17. The van der Waals surface area contributed by atoms with Crippen molar-refractivity contribution < 1.29 is 8.42 Å². The minimum Gasteiger partial charge on any atom is -0.228 e. The molecule has 0 bridgehead atoms. The van der Waals surface area contributed by atoms with Crippen molar-refractivity contribution in [2.24, 2.45) is 0 Å². The van der Waals surface area contributed by atoms with Crippen LogP contribution in [0.15, 0.2) is 0 Å². The summed E-state index contributed by atoms with van der Waals surface area (Å²) in [6.07, 6.45) is 3.07. The highest BCUT2D eigenvalue weighted by Gasteiger charge is 2.26. The van der Waals surface area contributed by atoms with Gasteiger partial charge in [-0.25, -0.2) is 8.42 Å². The first kappa shape index (κ1) is 7.41. The molecule has 1 aliphatic rings. The van der Waals surface area contributed by atoms with E-state index < -0.39 is 9.84 Å². The predicted octanol–water partition coefficient (Wildman–Crippen LogP) is 1.05. The maximum absolute atomic E-state index is 10.8. The Labute approximate surface area is 59.9 Å². The van der Waals surface area contributed by atoms with Crippen LogP contribution in [0.4, 0.5) is 0 Å². The van der Waals surface area contributed by atoms with Crippen molar-refractivity contribution in [2.45, 2.75) is 12.8 Å². The fourth-order valence-corrected chi connectivity index (χ4v) is 3.19. The Morgan fingerprint density at radius 3 is 2.44 bits per heavy atom. The molecule has 1 aliphatic heterocycles. The molecule has 0 saturated carbocycles. The number of thioether (sulfide) groups is 1. The molecule has 0 N–H and O–H groups in total. The first-order valence-electron chi connectivity index (χ1n) is 2.79. The number of hydrogen-bond donors (Lipinski definition) is 0. The molecule has 1 radical (unpaired) electrons. The van der Waals surface area contributed by atoms with Gasteiger partial charge in [0.25, 0.3) is 0 Å². The van der Waals surface area contributed by atoms with Crippen molar-refractivity contribution in [1.82, 2.24) is 0 Å². The molecule has 0 spiro atoms. The van der Waals surface area contributed by atoms with Gasteiger partial charge in [0.15, 0.2) is 9.84 Å². The third kappa shape index (κ3) is 1.86. The van der Waals surface area contributed by atoms with Gasteiger partial charge >= 0.3 is 0 Å². The van der Waals surface area contributed by atoms with Crippen LogP contribution in [0.2, 0.25) is 0 Å². The summed E-state index contributed by atoms with van der Waals surface area (Å²) in [5, 5.41) is 0. The van der Waals surface area contributed by atoms with Gasteiger partial charge in [0.05, 0.1) is 0 Å². The van der Waals surface area contributed by atoms with Crippen molar-refractivity contribution in [2.75, 3.05) is 12.0 Å². The lowest BCUT2D eigenvalue weighted by Crippen LogP contribution is -2.02. The van der Waals surface area contributed by atoms with Gasteiger partial charge in [-0.05, 0) is 18.6 Å². The van der Waals surface area contributed by atoms with Gasteiger partial charge < -0.3 is 0 Å². The molecule has 0 aromatic heterocycles. The summed E-state index contributed by atoms with van der Waals surface area (Å²) in [5.74, 6) is 0.975. The van der Waals surface area contributed by atoms with Crippen molar-refractivity contribution in [3.05, 3.63) is 4.58 Å². The molecule has 0 atom stereocenters. The van der Waals surface area contributed by atoms with Crippen LogP contribution in [0.25, 0.3) is 0 Å². The van der Waals surface area contributed by atoms with E-state index in [0.29, 0.717) is 4.58 Å². The van der Waals surface area contributed by atoms with Crippen molar-refractivity contribution in [1.29, 1.82) is 0 Å². The Morgan fingerprint density at radius 1 is 1.56 bits per heavy atom. The van der Waals surface area contributed by atoms with Gasteiger partial charge in [0.2, 0.25) is 0 Å². The zero-order chi connectivity index (χ0) is 6.91. The monoisotopic (exact) mass is 165 g/mol. The summed E-state index contributed by atoms with van der Waals surface area (Å²) < 4.78 is 22.2. The normalized spacial score (nSPS) is 22.8. The van der Waals surface area contributed by atoms with E-state index in [0.717, 1.165) is 18.6 Å². The van der Waals surface area contributed by atoms with E-state index in [1.54, 1.807) is 0 Å². The number of sulfone groups is 1. The van der Waals surface area contributed by atoms with Crippen LogP contribution in [0, 0.1) is 4.58 Å². The predicted molar refractivity (Wildman–Crippen MR) is 39.8 cm³/mol. The Hall–Kier alpha value is 0.300. The lowest BCUT2D eigenvalue weighted by molar-refractivity contribution is 0.604. The molecule has 1 fully saturated rings. The Balaban J connectivity index is 2.63. The van der Waals surface area contributed by atoms with E-state index in [9.17, 15) is 8.42 Å². The Morgan fingerprint density at radius 2 is 2.22 bits per heavy atom. The van der Waals surface area contributed by atoms with Crippen LogP contribution in [0.3, 0.4) is 0 Å². The second-order valence-electron chi connectivity index (χ2n) is 2.10. The van der Waals surface area contributed by atoms with Gasteiger partial charge in [0.1, 0.15) is 4.58 Å². The van der Waals surface area contributed by atoms with E-state index >= 15 is 0 Å². The molecule has 0 aromatic rings. The van der Waals surface area contributed by atoms with Crippen molar-refractivity contribution in [3.8, 4) is 0 Å². The van der Waals surface area contributed by atoms with Crippen LogP contribution in [0.5, 0.6) is 0 Å². The largest absolute Gasteiger partial charge is 0.228 e. The molecule has 0 amide bonds. The lowest BCUT2D eigenvalue weighted by Gasteiger charge is -2.00. The van der Waals surface area contributed by atoms with Gasteiger partial charge in [-0.2, -0.15) is 0 Å². The number of hydrogen-bond acceptors (Lipinski definition) is 3. The second kappa shape index (κ2) is 2.50. The molecule has 1 rings (SSSR count). The van der Waals surface area contributed by atoms with E-state index in [4.69, 9.17) is 0 Å².